The van der Waals surface area contributed by atoms with Crippen molar-refractivity contribution in [2.75, 3.05) is 0 Å². The molecule has 0 fully saturated rings. The number of ketones is 1. The zero-order valence-electron chi connectivity index (χ0n) is 17.9. The number of benzene rings is 1. The molecule has 2 aliphatic heterocycles. The van der Waals surface area contributed by atoms with Gasteiger partial charge >= 0.3 is 0 Å². The minimum absolute atomic E-state index is 0.0104. The summed E-state index contributed by atoms with van der Waals surface area (Å²) in [7, 11) is 0. The van der Waals surface area contributed by atoms with Gasteiger partial charge < -0.3 is 5.32 Å². The molecule has 5 nitrogen and oxygen atoms in total. The first kappa shape index (κ1) is 19.8. The fraction of sp³-hybridized carbons (Fsp3) is 0.360. The van der Waals surface area contributed by atoms with Crippen LogP contribution in [0.1, 0.15) is 39.2 Å². The van der Waals surface area contributed by atoms with E-state index in [1.807, 2.05) is 37.3 Å². The summed E-state index contributed by atoms with van der Waals surface area (Å²) >= 11 is 0. The standard InChI is InChI=1S/C25H25FN4O/c1-4-25(17-7-5-6-16(12-17)15-8-10-27-11-9-15)18-14-28-30-23(18)29-21-20(25)19(31)13-24(2,3)22(21)26/h5-12,14,22-23,29H,4,13H2,1-3H3/t22-,23?,25+/m1/s1. The summed E-state index contributed by atoms with van der Waals surface area (Å²) in [5.41, 5.74) is 3.30. The summed E-state index contributed by atoms with van der Waals surface area (Å²) in [5, 5.41) is 11.7. The molecule has 1 unspecified atom stereocenters. The number of hydrogen-bond donors (Lipinski definition) is 1. The zero-order valence-corrected chi connectivity index (χ0v) is 17.9. The minimum Gasteiger partial charge on any atom is -0.359 e. The van der Waals surface area contributed by atoms with Crippen molar-refractivity contribution in [3.8, 4) is 11.1 Å². The van der Waals surface area contributed by atoms with Gasteiger partial charge in [-0.3, -0.25) is 9.78 Å². The Kier molecular flexibility index (Phi) is 4.43. The molecule has 3 heterocycles. The van der Waals surface area contributed by atoms with E-state index in [4.69, 9.17) is 0 Å². The molecule has 0 saturated heterocycles. The molecule has 0 saturated carbocycles. The molecule has 6 heteroatoms. The molecular formula is C25H25FN4O. The minimum atomic E-state index is -1.27. The number of rotatable bonds is 3. The van der Waals surface area contributed by atoms with Crippen molar-refractivity contribution >= 4 is 5.78 Å². The maximum atomic E-state index is 15.7. The normalized spacial score (nSPS) is 28.6. The van der Waals surface area contributed by atoms with Crippen LogP contribution < -0.4 is 5.32 Å². The van der Waals surface area contributed by atoms with Crippen LogP contribution in [0.2, 0.25) is 0 Å². The Morgan fingerprint density at radius 1 is 1.16 bits per heavy atom. The van der Waals surface area contributed by atoms with Gasteiger partial charge in [0.15, 0.2) is 11.9 Å². The molecule has 0 spiro atoms. The van der Waals surface area contributed by atoms with E-state index in [-0.39, 0.29) is 12.2 Å². The monoisotopic (exact) mass is 416 g/mol. The number of carbonyl (C=O) groups is 1. The van der Waals surface area contributed by atoms with E-state index in [1.165, 1.54) is 0 Å². The van der Waals surface area contributed by atoms with Crippen LogP contribution in [0.25, 0.3) is 11.1 Å². The molecule has 1 aromatic carbocycles. The lowest BCUT2D eigenvalue weighted by Gasteiger charge is -2.49. The Morgan fingerprint density at radius 2 is 1.94 bits per heavy atom. The van der Waals surface area contributed by atoms with E-state index in [0.29, 0.717) is 17.7 Å². The molecule has 3 aliphatic rings. The first-order chi connectivity index (χ1) is 14.9. The number of nitrogens with one attached hydrogen (secondary N) is 1. The van der Waals surface area contributed by atoms with Crippen LogP contribution >= 0.6 is 0 Å². The van der Waals surface area contributed by atoms with Crippen molar-refractivity contribution in [1.82, 2.24) is 10.3 Å². The highest BCUT2D eigenvalue weighted by Crippen LogP contribution is 2.54. The number of Topliss-reactive ketones (excluding diaryl/α,β-unsaturated/α-hetero) is 1. The second-order valence-corrected chi connectivity index (χ2v) is 9.18. The molecule has 0 bridgehead atoms. The summed E-state index contributed by atoms with van der Waals surface area (Å²) in [6.07, 6.45) is 4.32. The molecule has 0 amide bonds. The number of allylic oxidation sites excluding steroid dienone is 2. The van der Waals surface area contributed by atoms with Gasteiger partial charge in [0.05, 0.1) is 17.3 Å². The number of azo groups is 1. The maximum Gasteiger partial charge on any atom is 0.164 e. The summed E-state index contributed by atoms with van der Waals surface area (Å²) in [4.78, 5) is 17.6. The largest absolute Gasteiger partial charge is 0.359 e. The van der Waals surface area contributed by atoms with Gasteiger partial charge in [-0.15, -0.1) is 0 Å². The Bertz CT molecular complexity index is 1150. The summed E-state index contributed by atoms with van der Waals surface area (Å²) in [6, 6.07) is 12.1. The molecule has 0 radical (unpaired) electrons. The SMILES string of the molecule is CC[C@]1(c2cccc(-c3ccncc3)c2)C2=CN=NC2NC2=C1C(=O)CC(C)(C)[C@@H]2F. The third-order valence-electron chi connectivity index (χ3n) is 6.89. The number of aromatic nitrogens is 1. The highest BCUT2D eigenvalue weighted by molar-refractivity contribution is 6.02. The van der Waals surface area contributed by atoms with E-state index < -0.39 is 23.2 Å². The molecule has 5 rings (SSSR count). The molecule has 1 aromatic heterocycles. The van der Waals surface area contributed by atoms with Crippen LogP contribution in [0, 0.1) is 5.41 Å². The molecular weight excluding hydrogens is 391 g/mol. The number of carbonyl (C=O) groups excluding carboxylic acids is 1. The third kappa shape index (κ3) is 2.81. The van der Waals surface area contributed by atoms with Gasteiger partial charge in [-0.05, 0) is 41.3 Å². The number of pyridine rings is 1. The topological polar surface area (TPSA) is 66.7 Å². The van der Waals surface area contributed by atoms with Crippen molar-refractivity contribution in [3.05, 3.63) is 77.4 Å². The van der Waals surface area contributed by atoms with Gasteiger partial charge in [0.2, 0.25) is 0 Å². The number of nitrogens with zero attached hydrogens (tertiary/aromatic N) is 3. The van der Waals surface area contributed by atoms with E-state index in [1.54, 1.807) is 32.4 Å². The fourth-order valence-corrected chi connectivity index (χ4v) is 5.31. The zero-order chi connectivity index (χ0) is 21.8. The van der Waals surface area contributed by atoms with E-state index in [9.17, 15) is 4.79 Å². The van der Waals surface area contributed by atoms with Crippen LogP contribution in [0.3, 0.4) is 0 Å². The first-order valence-corrected chi connectivity index (χ1v) is 10.7. The van der Waals surface area contributed by atoms with Gasteiger partial charge in [0, 0.05) is 35.4 Å². The van der Waals surface area contributed by atoms with Crippen LogP contribution in [0.5, 0.6) is 0 Å². The van der Waals surface area contributed by atoms with Crippen molar-refractivity contribution in [2.24, 2.45) is 15.6 Å². The van der Waals surface area contributed by atoms with Crippen LogP contribution in [-0.4, -0.2) is 23.1 Å². The highest BCUT2D eigenvalue weighted by atomic mass is 19.1. The van der Waals surface area contributed by atoms with Crippen molar-refractivity contribution < 1.29 is 9.18 Å². The second kappa shape index (κ2) is 6.94. The predicted molar refractivity (Wildman–Crippen MR) is 117 cm³/mol. The van der Waals surface area contributed by atoms with Gasteiger partial charge in [-0.25, -0.2) is 4.39 Å². The maximum absolute atomic E-state index is 15.7. The quantitative estimate of drug-likeness (QED) is 0.742. The number of fused-ring (bicyclic) bond motifs is 1. The highest BCUT2D eigenvalue weighted by Gasteiger charge is 2.56. The molecule has 2 aromatic rings. The Hall–Kier alpha value is -3.15. The van der Waals surface area contributed by atoms with Gasteiger partial charge in [0.1, 0.15) is 6.17 Å². The first-order valence-electron chi connectivity index (χ1n) is 10.7. The van der Waals surface area contributed by atoms with Gasteiger partial charge in [0.25, 0.3) is 0 Å². The summed E-state index contributed by atoms with van der Waals surface area (Å²) in [5.74, 6) is -0.0104. The average molecular weight is 417 g/mol. The number of hydrogen-bond acceptors (Lipinski definition) is 5. The van der Waals surface area contributed by atoms with Crippen LogP contribution in [0.4, 0.5) is 4.39 Å². The van der Waals surface area contributed by atoms with E-state index in [2.05, 4.69) is 26.6 Å². The summed E-state index contributed by atoms with van der Waals surface area (Å²) in [6.45, 7) is 5.66. The lowest BCUT2D eigenvalue weighted by molar-refractivity contribution is -0.120. The summed E-state index contributed by atoms with van der Waals surface area (Å²) < 4.78 is 15.7. The van der Waals surface area contributed by atoms with E-state index >= 15 is 4.39 Å². The molecule has 1 aliphatic carbocycles. The lowest BCUT2D eigenvalue weighted by Crippen LogP contribution is -2.55. The fourth-order valence-electron chi connectivity index (χ4n) is 5.31. The van der Waals surface area contributed by atoms with Gasteiger partial charge in [-0.1, -0.05) is 39.0 Å². The second-order valence-electron chi connectivity index (χ2n) is 9.18. The van der Waals surface area contributed by atoms with Crippen molar-refractivity contribution in [3.63, 3.8) is 0 Å². The van der Waals surface area contributed by atoms with Crippen LogP contribution in [-0.2, 0) is 10.2 Å². The molecule has 1 N–H and O–H groups in total. The number of alkyl halides is 1. The molecule has 3 atom stereocenters. The number of halogens is 1. The third-order valence-corrected chi connectivity index (χ3v) is 6.89. The smallest absolute Gasteiger partial charge is 0.164 e. The van der Waals surface area contributed by atoms with E-state index in [0.717, 1.165) is 22.3 Å². The Balaban J connectivity index is 1.77. The predicted octanol–water partition coefficient (Wildman–Crippen LogP) is 5.27. The van der Waals surface area contributed by atoms with Crippen molar-refractivity contribution in [1.29, 1.82) is 0 Å². The average Bonchev–Trinajstić information content (AvgIpc) is 3.25. The van der Waals surface area contributed by atoms with Crippen molar-refractivity contribution in [2.45, 2.75) is 51.4 Å². The van der Waals surface area contributed by atoms with Gasteiger partial charge in [-0.2, -0.15) is 10.2 Å². The Morgan fingerprint density at radius 3 is 2.68 bits per heavy atom. The molecule has 31 heavy (non-hydrogen) atoms. The lowest BCUT2D eigenvalue weighted by atomic mass is 9.58. The van der Waals surface area contributed by atoms with Crippen LogP contribution in [0.15, 0.2) is 82.1 Å². The Labute approximate surface area is 181 Å². The molecule has 158 valence electrons.